The van der Waals surface area contributed by atoms with E-state index in [1.165, 1.54) is 0 Å². The maximum absolute atomic E-state index is 9.99. The summed E-state index contributed by atoms with van der Waals surface area (Å²) in [5, 5.41) is 0. The van der Waals surface area contributed by atoms with Crippen LogP contribution in [0.5, 0.6) is 0 Å². The summed E-state index contributed by atoms with van der Waals surface area (Å²) >= 11 is 0. The second-order valence-electron chi connectivity index (χ2n) is 1.18. The number of esters is 1. The van der Waals surface area contributed by atoms with Crippen molar-refractivity contribution in [2.24, 2.45) is 0 Å². The molecule has 1 aliphatic rings. The van der Waals surface area contributed by atoms with Crippen LogP contribution in [0.15, 0.2) is 0 Å². The Morgan fingerprint density at radius 1 is 1.83 bits per heavy atom. The van der Waals surface area contributed by atoms with Gasteiger partial charge in [-0.2, -0.15) is 0 Å². The number of rotatable bonds is 0. The van der Waals surface area contributed by atoms with Gasteiger partial charge in [-0.3, -0.25) is 0 Å². The summed E-state index contributed by atoms with van der Waals surface area (Å²) in [6, 6.07) is 0. The number of cyclic esters (lactones) is 1. The number of carbonyl (C=O) groups excluding carboxylic acids is 1. The molecule has 2 heteroatoms. The molecule has 0 amide bonds. The first-order chi connectivity index (χ1) is 2.89. The number of ether oxygens (including phenoxy) is 1. The molecule has 0 aromatic carbocycles. The maximum Gasteiger partial charge on any atom is 0.354 e. The Hall–Kier alpha value is -0.660. The molecule has 0 aliphatic carbocycles. The maximum atomic E-state index is 9.99. The van der Waals surface area contributed by atoms with Gasteiger partial charge >= 0.3 is 5.97 Å². The monoisotopic (exact) mass is 85.0 g/mol. The normalized spacial score (nSPS) is 19.7. The van der Waals surface area contributed by atoms with Crippen LogP contribution in [0.25, 0.3) is 0 Å². The number of hydrogen-bond donors (Lipinski definition) is 0. The van der Waals surface area contributed by atoms with E-state index in [0.717, 1.165) is 0 Å². The molecule has 0 bridgehead atoms. The molecule has 0 atom stereocenters. The van der Waals surface area contributed by atoms with Crippen molar-refractivity contribution in [3.63, 3.8) is 0 Å². The molecule has 1 saturated heterocycles. The standard InChI is InChI=1S/C4H5O2/c5-4-2-1-3-6-4/h1H,2-3H2/q+1. The molecule has 0 aromatic rings. The third-order valence-corrected chi connectivity index (χ3v) is 0.673. The fourth-order valence-corrected chi connectivity index (χ4v) is 0.388. The van der Waals surface area contributed by atoms with Crippen molar-refractivity contribution in [3.8, 4) is 0 Å². The van der Waals surface area contributed by atoms with E-state index >= 15 is 0 Å². The molecule has 0 saturated carbocycles. The van der Waals surface area contributed by atoms with Crippen LogP contribution >= 0.6 is 0 Å². The molecule has 0 aromatic heterocycles. The first kappa shape index (κ1) is 3.53. The van der Waals surface area contributed by atoms with E-state index in [1.54, 1.807) is 0 Å². The average Bonchev–Trinajstić information content (AvgIpc) is 1.86. The van der Waals surface area contributed by atoms with Gasteiger partial charge in [-0.25, -0.2) is 4.79 Å². The van der Waals surface area contributed by atoms with Crippen molar-refractivity contribution in [2.75, 3.05) is 6.61 Å². The summed E-state index contributed by atoms with van der Waals surface area (Å²) in [5.41, 5.74) is 0. The van der Waals surface area contributed by atoms with Gasteiger partial charge in [-0.15, -0.1) is 0 Å². The fourth-order valence-electron chi connectivity index (χ4n) is 0.388. The predicted molar refractivity (Wildman–Crippen MR) is 19.9 cm³/mol. The molecule has 1 fully saturated rings. The zero-order valence-corrected chi connectivity index (χ0v) is 3.31. The zero-order chi connectivity index (χ0) is 4.41. The molecule has 0 radical (unpaired) electrons. The summed E-state index contributed by atoms with van der Waals surface area (Å²) in [6.07, 6.45) is 2.31. The Balaban J connectivity index is 2.37. The number of hydrogen-bond acceptors (Lipinski definition) is 2. The first-order valence-corrected chi connectivity index (χ1v) is 1.87. The van der Waals surface area contributed by atoms with Crippen molar-refractivity contribution < 1.29 is 9.53 Å². The van der Waals surface area contributed by atoms with Crippen molar-refractivity contribution >= 4 is 5.97 Å². The second kappa shape index (κ2) is 1.20. The highest BCUT2D eigenvalue weighted by Gasteiger charge is 2.18. The minimum Gasteiger partial charge on any atom is -0.420 e. The Bertz CT molecular complexity index is 59.9. The lowest BCUT2D eigenvalue weighted by atomic mass is 10.4. The van der Waals surface area contributed by atoms with E-state index in [4.69, 9.17) is 0 Å². The van der Waals surface area contributed by atoms with Gasteiger partial charge in [0.25, 0.3) is 0 Å². The topological polar surface area (TPSA) is 26.3 Å². The largest absolute Gasteiger partial charge is 0.420 e. The second-order valence-corrected chi connectivity index (χ2v) is 1.18. The van der Waals surface area contributed by atoms with Gasteiger partial charge in [0.1, 0.15) is 6.42 Å². The van der Waals surface area contributed by atoms with Gasteiger partial charge in [0.2, 0.25) is 6.61 Å². The van der Waals surface area contributed by atoms with Crippen LogP contribution in [-0.4, -0.2) is 12.6 Å². The molecule has 1 aliphatic heterocycles. The van der Waals surface area contributed by atoms with Crippen LogP contribution in [0.4, 0.5) is 0 Å². The van der Waals surface area contributed by atoms with Gasteiger partial charge in [0.15, 0.2) is 6.42 Å². The lowest BCUT2D eigenvalue weighted by Crippen LogP contribution is -1.88. The molecular formula is C4H5O2+. The van der Waals surface area contributed by atoms with Crippen LogP contribution < -0.4 is 0 Å². The first-order valence-electron chi connectivity index (χ1n) is 1.87. The third-order valence-electron chi connectivity index (χ3n) is 0.673. The van der Waals surface area contributed by atoms with E-state index in [0.29, 0.717) is 13.0 Å². The van der Waals surface area contributed by atoms with Gasteiger partial charge in [-0.1, -0.05) is 0 Å². The van der Waals surface area contributed by atoms with Crippen LogP contribution in [0, 0.1) is 6.42 Å². The molecule has 0 unspecified atom stereocenters. The Labute approximate surface area is 36.1 Å². The molecule has 6 heavy (non-hydrogen) atoms. The van der Waals surface area contributed by atoms with Crippen LogP contribution in [-0.2, 0) is 9.53 Å². The summed E-state index contributed by atoms with van der Waals surface area (Å²) in [6.45, 7) is 0.513. The average molecular weight is 85.1 g/mol. The van der Waals surface area contributed by atoms with Crippen molar-refractivity contribution in [1.82, 2.24) is 0 Å². The third kappa shape index (κ3) is 0.455. The SMILES string of the molecule is O=C1C[CH+]CO1. The van der Waals surface area contributed by atoms with E-state index in [-0.39, 0.29) is 5.97 Å². The van der Waals surface area contributed by atoms with Gasteiger partial charge in [-0.05, 0) is 0 Å². The lowest BCUT2D eigenvalue weighted by Gasteiger charge is -1.74. The van der Waals surface area contributed by atoms with Gasteiger partial charge < -0.3 is 4.74 Å². The molecule has 1 heterocycles. The smallest absolute Gasteiger partial charge is 0.354 e. The highest BCUT2D eigenvalue weighted by molar-refractivity contribution is 5.72. The highest BCUT2D eigenvalue weighted by atomic mass is 16.5. The fraction of sp³-hybridized carbons (Fsp3) is 0.500. The van der Waals surface area contributed by atoms with E-state index < -0.39 is 0 Å². The minimum absolute atomic E-state index is 0.102. The van der Waals surface area contributed by atoms with Crippen LogP contribution in [0.3, 0.4) is 0 Å². The van der Waals surface area contributed by atoms with Crippen LogP contribution in [0.2, 0.25) is 0 Å². The molecular weight excluding hydrogens is 80.0 g/mol. The Morgan fingerprint density at radius 3 is 2.83 bits per heavy atom. The summed E-state index contributed by atoms with van der Waals surface area (Å²) < 4.78 is 4.46. The zero-order valence-electron chi connectivity index (χ0n) is 3.31. The Morgan fingerprint density at radius 2 is 2.67 bits per heavy atom. The van der Waals surface area contributed by atoms with Crippen molar-refractivity contribution in [2.45, 2.75) is 6.42 Å². The van der Waals surface area contributed by atoms with Crippen molar-refractivity contribution in [3.05, 3.63) is 6.42 Å². The Kier molecular flexibility index (Phi) is 0.708. The van der Waals surface area contributed by atoms with E-state index in [2.05, 4.69) is 4.74 Å². The summed E-state index contributed by atoms with van der Waals surface area (Å²) in [4.78, 5) is 9.99. The summed E-state index contributed by atoms with van der Waals surface area (Å²) in [7, 11) is 0. The minimum atomic E-state index is -0.102. The van der Waals surface area contributed by atoms with Crippen LogP contribution in [0.1, 0.15) is 6.42 Å². The predicted octanol–water partition coefficient (Wildman–Crippen LogP) is 0.138. The highest BCUT2D eigenvalue weighted by Crippen LogP contribution is 1.99. The van der Waals surface area contributed by atoms with Gasteiger partial charge in [0, 0.05) is 0 Å². The van der Waals surface area contributed by atoms with E-state index in [1.807, 2.05) is 6.42 Å². The number of carbonyl (C=O) groups is 1. The van der Waals surface area contributed by atoms with Crippen molar-refractivity contribution in [1.29, 1.82) is 0 Å². The lowest BCUT2D eigenvalue weighted by molar-refractivity contribution is -0.137. The molecule has 0 spiro atoms. The molecule has 2 nitrogen and oxygen atoms in total. The molecule has 1 rings (SSSR count). The van der Waals surface area contributed by atoms with Gasteiger partial charge in [0.05, 0.1) is 0 Å². The summed E-state index contributed by atoms with van der Waals surface area (Å²) in [5.74, 6) is -0.102. The molecule has 0 N–H and O–H groups in total. The molecule has 32 valence electrons. The van der Waals surface area contributed by atoms with E-state index in [9.17, 15) is 4.79 Å². The quantitative estimate of drug-likeness (QED) is 0.309.